The first-order valence-corrected chi connectivity index (χ1v) is 4.21. The van der Waals surface area contributed by atoms with Crippen molar-refractivity contribution >= 4 is 0 Å². The Kier molecular flexibility index (Phi) is 12.3. The van der Waals surface area contributed by atoms with Crippen LogP contribution < -0.4 is 17.3 Å². The molecule has 0 aromatic heterocycles. The third-order valence-electron chi connectivity index (χ3n) is 1.43. The smallest absolute Gasteiger partial charge is 0.0801 e. The second-order valence-corrected chi connectivity index (χ2v) is 3.01. The summed E-state index contributed by atoms with van der Waals surface area (Å²) in [7, 11) is 4.38. The van der Waals surface area contributed by atoms with Gasteiger partial charge in [-0.25, -0.2) is 0 Å². The van der Waals surface area contributed by atoms with Crippen molar-refractivity contribution in [3.8, 4) is 0 Å². The van der Waals surface area contributed by atoms with Crippen molar-refractivity contribution in [1.82, 2.24) is 0 Å². The summed E-state index contributed by atoms with van der Waals surface area (Å²) in [5.74, 6) is 0. The van der Waals surface area contributed by atoms with E-state index in [0.29, 0.717) is 0 Å². The molecular weight excluding hydrogens is 158 g/mol. The van der Waals surface area contributed by atoms with Gasteiger partial charge in [-0.05, 0) is 6.42 Å². The molecule has 0 radical (unpaired) electrons. The van der Waals surface area contributed by atoms with E-state index in [-0.39, 0.29) is 12.4 Å². The van der Waals surface area contributed by atoms with Crippen molar-refractivity contribution in [3.63, 3.8) is 0 Å². The molecule has 0 atom stereocenters. The molecule has 0 saturated carbocycles. The largest absolute Gasteiger partial charge is 1.00 e. The topological polar surface area (TPSA) is 4.44 Å². The van der Waals surface area contributed by atoms with Gasteiger partial charge in [0.2, 0.25) is 0 Å². The zero-order valence-electron chi connectivity index (χ0n) is 7.86. The quantitative estimate of drug-likeness (QED) is 0.459. The molecule has 0 aromatic rings. The van der Waals surface area contributed by atoms with Crippen LogP contribution in [-0.2, 0) is 0 Å². The molecule has 0 spiro atoms. The molecule has 2 heteroatoms. The molecule has 0 aromatic carbocycles. The minimum atomic E-state index is 0. The van der Waals surface area contributed by atoms with Gasteiger partial charge in [-0.1, -0.05) is 25.5 Å². The highest BCUT2D eigenvalue weighted by molar-refractivity contribution is 4.80. The molecule has 0 heterocycles. The van der Waals surface area contributed by atoms with Crippen LogP contribution in [0.1, 0.15) is 26.2 Å². The normalized spacial score (nSPS) is 10.5. The summed E-state index contributed by atoms with van der Waals surface area (Å²) >= 11 is 0. The van der Waals surface area contributed by atoms with Crippen LogP contribution in [0.4, 0.5) is 0 Å². The first-order valence-electron chi connectivity index (χ1n) is 4.21. The summed E-state index contributed by atoms with van der Waals surface area (Å²) in [5, 5.41) is 0. The van der Waals surface area contributed by atoms with Gasteiger partial charge in [-0.3, -0.25) is 0 Å². The van der Waals surface area contributed by atoms with Gasteiger partial charge in [-0.2, -0.15) is 0 Å². The molecule has 0 aliphatic heterocycles. The maximum atomic E-state index is 2.29. The van der Waals surface area contributed by atoms with E-state index >= 15 is 0 Å². The van der Waals surface area contributed by atoms with E-state index in [0.717, 1.165) is 0 Å². The number of halogens is 1. The van der Waals surface area contributed by atoms with Crippen LogP contribution in [0.15, 0.2) is 12.2 Å². The average molecular weight is 178 g/mol. The molecule has 0 bridgehead atoms. The molecule has 0 rings (SSSR count). The van der Waals surface area contributed by atoms with Gasteiger partial charge >= 0.3 is 0 Å². The van der Waals surface area contributed by atoms with E-state index in [1.807, 2.05) is 0 Å². The summed E-state index contributed by atoms with van der Waals surface area (Å²) in [6.07, 6.45) is 8.30. The Morgan fingerprint density at radius 1 is 1.09 bits per heavy atom. The highest BCUT2D eigenvalue weighted by Crippen LogP contribution is 1.88. The van der Waals surface area contributed by atoms with E-state index in [1.165, 1.54) is 30.7 Å². The van der Waals surface area contributed by atoms with Crippen LogP contribution in [0.2, 0.25) is 0 Å². The lowest BCUT2D eigenvalue weighted by Gasteiger charge is -2.02. The lowest BCUT2D eigenvalue weighted by molar-refractivity contribution is -0.857. The fourth-order valence-corrected chi connectivity index (χ4v) is 0.774. The van der Waals surface area contributed by atoms with Crippen molar-refractivity contribution in [2.24, 2.45) is 0 Å². The van der Waals surface area contributed by atoms with Crippen molar-refractivity contribution in [3.05, 3.63) is 12.2 Å². The van der Waals surface area contributed by atoms with Gasteiger partial charge in [0, 0.05) is 6.42 Å². The summed E-state index contributed by atoms with van der Waals surface area (Å²) in [4.78, 5) is 1.53. The molecule has 0 aliphatic rings. The fourth-order valence-electron chi connectivity index (χ4n) is 0.774. The number of quaternary nitrogens is 1. The second kappa shape index (κ2) is 9.99. The monoisotopic (exact) mass is 177 g/mol. The van der Waals surface area contributed by atoms with Crippen molar-refractivity contribution in [2.45, 2.75) is 26.2 Å². The lowest BCUT2D eigenvalue weighted by Crippen LogP contribution is -3.05. The zero-order chi connectivity index (χ0) is 7.82. The van der Waals surface area contributed by atoms with Crippen molar-refractivity contribution < 1.29 is 17.3 Å². The van der Waals surface area contributed by atoms with E-state index in [2.05, 4.69) is 33.2 Å². The first kappa shape index (κ1) is 13.6. The van der Waals surface area contributed by atoms with Crippen LogP contribution in [0.25, 0.3) is 0 Å². The molecular formula is C9H20ClN. The van der Waals surface area contributed by atoms with Crippen molar-refractivity contribution in [2.75, 3.05) is 20.6 Å². The van der Waals surface area contributed by atoms with Crippen LogP contribution in [0.5, 0.6) is 0 Å². The Bertz CT molecular complexity index is 89.6. The van der Waals surface area contributed by atoms with Gasteiger partial charge in [-0.15, -0.1) is 0 Å². The summed E-state index contributed by atoms with van der Waals surface area (Å²) in [5.41, 5.74) is 0. The van der Waals surface area contributed by atoms with Gasteiger partial charge in [0.25, 0.3) is 0 Å². The molecule has 11 heavy (non-hydrogen) atoms. The number of unbranched alkanes of at least 4 members (excludes halogenated alkanes) is 1. The van der Waals surface area contributed by atoms with E-state index < -0.39 is 0 Å². The summed E-state index contributed by atoms with van der Waals surface area (Å²) < 4.78 is 0. The molecule has 0 amide bonds. The Morgan fingerprint density at radius 2 is 1.64 bits per heavy atom. The summed E-state index contributed by atoms with van der Waals surface area (Å²) in [6, 6.07) is 0. The Balaban J connectivity index is 0. The average Bonchev–Trinajstić information content (AvgIpc) is 1.87. The molecule has 0 fully saturated rings. The Hall–Kier alpha value is -0.0100. The predicted molar refractivity (Wildman–Crippen MR) is 46.3 cm³/mol. The third kappa shape index (κ3) is 13.1. The zero-order valence-corrected chi connectivity index (χ0v) is 8.62. The van der Waals surface area contributed by atoms with Gasteiger partial charge < -0.3 is 17.3 Å². The highest BCUT2D eigenvalue weighted by atomic mass is 35.5. The molecule has 0 saturated heterocycles. The third-order valence-corrected chi connectivity index (χ3v) is 1.43. The fraction of sp³-hybridized carbons (Fsp3) is 0.778. The number of allylic oxidation sites excluding steroid dienone is 1. The van der Waals surface area contributed by atoms with E-state index in [4.69, 9.17) is 0 Å². The minimum Gasteiger partial charge on any atom is -1.00 e. The SMILES string of the molecule is CCC/C=C/CC[NH+](C)C.[Cl-]. The van der Waals surface area contributed by atoms with Gasteiger partial charge in [0.15, 0.2) is 0 Å². The van der Waals surface area contributed by atoms with Crippen LogP contribution in [0.3, 0.4) is 0 Å². The van der Waals surface area contributed by atoms with E-state index in [9.17, 15) is 0 Å². The van der Waals surface area contributed by atoms with Crippen LogP contribution in [0, 0.1) is 0 Å². The maximum absolute atomic E-state index is 2.29. The Morgan fingerprint density at radius 3 is 2.09 bits per heavy atom. The number of rotatable bonds is 5. The predicted octanol–water partition coefficient (Wildman–Crippen LogP) is -2.12. The molecule has 0 unspecified atom stereocenters. The maximum Gasteiger partial charge on any atom is 0.0801 e. The van der Waals surface area contributed by atoms with Crippen LogP contribution in [-0.4, -0.2) is 20.6 Å². The van der Waals surface area contributed by atoms with E-state index in [1.54, 1.807) is 0 Å². The number of nitrogens with one attached hydrogen (secondary N) is 1. The number of hydrogen-bond acceptors (Lipinski definition) is 0. The minimum absolute atomic E-state index is 0. The molecule has 0 aliphatic carbocycles. The standard InChI is InChI=1S/C9H19N.ClH/c1-4-5-6-7-8-9-10(2)3;/h6-7H,4-5,8-9H2,1-3H3;1H/b7-6+;. The van der Waals surface area contributed by atoms with Crippen LogP contribution >= 0.6 is 0 Å². The highest BCUT2D eigenvalue weighted by Gasteiger charge is 1.86. The van der Waals surface area contributed by atoms with Gasteiger partial charge in [0.05, 0.1) is 20.6 Å². The molecule has 1 nitrogen and oxygen atoms in total. The second-order valence-electron chi connectivity index (χ2n) is 3.01. The molecule has 68 valence electrons. The number of hydrogen-bond donors (Lipinski definition) is 1. The first-order chi connectivity index (χ1) is 4.77. The lowest BCUT2D eigenvalue weighted by atomic mass is 10.3. The Labute approximate surface area is 76.9 Å². The summed E-state index contributed by atoms with van der Waals surface area (Å²) in [6.45, 7) is 3.46. The van der Waals surface area contributed by atoms with Gasteiger partial charge in [0.1, 0.15) is 0 Å². The van der Waals surface area contributed by atoms with Crippen molar-refractivity contribution in [1.29, 1.82) is 0 Å². The molecule has 1 N–H and O–H groups in total.